The van der Waals surface area contributed by atoms with Gasteiger partial charge in [-0.2, -0.15) is 0 Å². The lowest BCUT2D eigenvalue weighted by Gasteiger charge is -2.19. The molecule has 0 spiro atoms. The highest BCUT2D eigenvalue weighted by Gasteiger charge is 2.20. The van der Waals surface area contributed by atoms with Crippen LogP contribution in [0, 0.1) is 0 Å². The van der Waals surface area contributed by atoms with Gasteiger partial charge in [-0.3, -0.25) is 0 Å². The summed E-state index contributed by atoms with van der Waals surface area (Å²) in [4.78, 5) is 10.0. The monoisotopic (exact) mass is 828 g/mol. The third-order valence-corrected chi connectivity index (χ3v) is 12.5. The lowest BCUT2D eigenvalue weighted by Crippen LogP contribution is -1.95. The minimum atomic E-state index is 0.708. The maximum absolute atomic E-state index is 6.47. The predicted molar refractivity (Wildman–Crippen MR) is 270 cm³/mol. The van der Waals surface area contributed by atoms with Gasteiger partial charge in [0.05, 0.1) is 11.4 Å². The van der Waals surface area contributed by atoms with Crippen LogP contribution in [-0.2, 0) is 0 Å². The van der Waals surface area contributed by atoms with Gasteiger partial charge in [0.1, 0.15) is 11.2 Å². The second-order valence-electron chi connectivity index (χ2n) is 16.5. The number of furan rings is 1. The fourth-order valence-electron chi connectivity index (χ4n) is 9.27. The predicted octanol–water partition coefficient (Wildman–Crippen LogP) is 16.9. The largest absolute Gasteiger partial charge is 0.456 e. The Balaban J connectivity index is 0.966. The van der Waals surface area contributed by atoms with Crippen molar-refractivity contribution in [3.05, 3.63) is 243 Å². The van der Waals surface area contributed by atoms with Crippen LogP contribution in [0.5, 0.6) is 0 Å². The van der Waals surface area contributed by atoms with Crippen LogP contribution in [0.3, 0.4) is 0 Å². The molecule has 2 aromatic heterocycles. The van der Waals surface area contributed by atoms with Gasteiger partial charge in [0.15, 0.2) is 5.82 Å². The van der Waals surface area contributed by atoms with Crippen molar-refractivity contribution in [2.45, 2.75) is 0 Å². The number of aromatic nitrogens is 2. The summed E-state index contributed by atoms with van der Waals surface area (Å²) < 4.78 is 6.47. The van der Waals surface area contributed by atoms with Crippen molar-refractivity contribution in [1.29, 1.82) is 0 Å². The van der Waals surface area contributed by atoms with Crippen LogP contribution in [0.1, 0.15) is 0 Å². The SMILES string of the molecule is c1ccc(-c2cc(-c3ccc(-c4ccc(-c5cc(-c6ccccc6)nc(-c6ccccc6)n5)cc4)cc3)c(-c3ccccc3)c(-c3ccc4oc5ccc6ccccc6c5c4c3)c2)cc1. The highest BCUT2D eigenvalue weighted by atomic mass is 16.3. The molecule has 12 aromatic rings. The van der Waals surface area contributed by atoms with Crippen LogP contribution in [0.25, 0.3) is 122 Å². The van der Waals surface area contributed by atoms with Gasteiger partial charge >= 0.3 is 0 Å². The molecule has 0 fully saturated rings. The molecule has 2 heterocycles. The van der Waals surface area contributed by atoms with Gasteiger partial charge in [0.2, 0.25) is 0 Å². The lowest BCUT2D eigenvalue weighted by molar-refractivity contribution is 0.669. The Bertz CT molecular complexity index is 3600. The van der Waals surface area contributed by atoms with E-state index in [9.17, 15) is 0 Å². The summed E-state index contributed by atoms with van der Waals surface area (Å²) in [6.45, 7) is 0. The quantitative estimate of drug-likeness (QED) is 0.153. The summed E-state index contributed by atoms with van der Waals surface area (Å²) in [6.07, 6.45) is 0. The Morgan fingerprint density at radius 2 is 0.738 bits per heavy atom. The minimum Gasteiger partial charge on any atom is -0.456 e. The summed E-state index contributed by atoms with van der Waals surface area (Å²) in [5.74, 6) is 0.708. The van der Waals surface area contributed by atoms with Crippen LogP contribution < -0.4 is 0 Å². The molecule has 0 amide bonds. The normalized spacial score (nSPS) is 11.4. The summed E-state index contributed by atoms with van der Waals surface area (Å²) in [5.41, 5.74) is 18.2. The maximum Gasteiger partial charge on any atom is 0.160 e. The third kappa shape index (κ3) is 7.16. The third-order valence-electron chi connectivity index (χ3n) is 12.5. The molecule has 12 rings (SSSR count). The number of fused-ring (bicyclic) bond motifs is 5. The molecule has 65 heavy (non-hydrogen) atoms. The lowest BCUT2D eigenvalue weighted by atomic mass is 9.84. The molecular formula is C62H40N2O. The average Bonchev–Trinajstić information content (AvgIpc) is 3.78. The molecule has 3 heteroatoms. The van der Waals surface area contributed by atoms with Crippen LogP contribution in [-0.4, -0.2) is 9.97 Å². The van der Waals surface area contributed by atoms with Gasteiger partial charge in [0, 0.05) is 27.5 Å². The van der Waals surface area contributed by atoms with Gasteiger partial charge in [-0.25, -0.2) is 9.97 Å². The fraction of sp³-hybridized carbons (Fsp3) is 0. The van der Waals surface area contributed by atoms with E-state index in [4.69, 9.17) is 14.4 Å². The van der Waals surface area contributed by atoms with Gasteiger partial charge in [-0.05, 0) is 103 Å². The molecular weight excluding hydrogens is 789 g/mol. The van der Waals surface area contributed by atoms with E-state index in [0.717, 1.165) is 83.4 Å². The molecule has 0 atom stereocenters. The molecule has 10 aromatic carbocycles. The zero-order valence-electron chi connectivity index (χ0n) is 35.4. The molecule has 0 N–H and O–H groups in total. The van der Waals surface area contributed by atoms with Crippen molar-refractivity contribution in [2.75, 3.05) is 0 Å². The molecule has 3 nitrogen and oxygen atoms in total. The molecule has 0 aliphatic rings. The summed E-state index contributed by atoms with van der Waals surface area (Å²) >= 11 is 0. The second-order valence-corrected chi connectivity index (χ2v) is 16.5. The zero-order chi connectivity index (χ0) is 43.1. The molecule has 0 saturated carbocycles. The van der Waals surface area contributed by atoms with E-state index in [2.05, 4.69) is 206 Å². The fourth-order valence-corrected chi connectivity index (χ4v) is 9.27. The Kier molecular flexibility index (Phi) is 9.50. The Labute approximate surface area is 377 Å². The summed E-state index contributed by atoms with van der Waals surface area (Å²) in [6, 6.07) is 86.1. The molecule has 0 aliphatic carbocycles. The van der Waals surface area contributed by atoms with Crippen molar-refractivity contribution in [2.24, 2.45) is 0 Å². The Morgan fingerprint density at radius 1 is 0.277 bits per heavy atom. The standard InChI is InChI=1S/C62H40N2O/c1-5-15-41(16-6-1)51-38-53(60(48-20-9-3-10-21-48)54(39-51)50-34-35-58-55(37-50)61-52-24-14-13-17-44(52)33-36-59(61)65-58)45-29-25-42(26-30-45)43-27-31-47(32-28-43)57-40-56(46-18-7-2-8-19-46)63-62(64-57)49-22-11-4-12-23-49/h1-40H. The highest BCUT2D eigenvalue weighted by Crippen LogP contribution is 2.45. The Hall–Kier alpha value is -8.66. The van der Waals surface area contributed by atoms with E-state index >= 15 is 0 Å². The smallest absolute Gasteiger partial charge is 0.160 e. The number of benzene rings is 10. The highest BCUT2D eigenvalue weighted by molar-refractivity contribution is 6.19. The summed E-state index contributed by atoms with van der Waals surface area (Å²) in [5, 5.41) is 4.66. The van der Waals surface area contributed by atoms with Gasteiger partial charge in [0.25, 0.3) is 0 Å². The first-order valence-electron chi connectivity index (χ1n) is 22.0. The van der Waals surface area contributed by atoms with Crippen LogP contribution >= 0.6 is 0 Å². The van der Waals surface area contributed by atoms with E-state index in [1.807, 2.05) is 36.4 Å². The molecule has 0 saturated heterocycles. The van der Waals surface area contributed by atoms with Crippen LogP contribution in [0.2, 0.25) is 0 Å². The molecule has 0 unspecified atom stereocenters. The molecule has 0 radical (unpaired) electrons. The van der Waals surface area contributed by atoms with E-state index in [1.54, 1.807) is 0 Å². The van der Waals surface area contributed by atoms with Crippen molar-refractivity contribution in [3.63, 3.8) is 0 Å². The van der Waals surface area contributed by atoms with Gasteiger partial charge in [-0.15, -0.1) is 0 Å². The van der Waals surface area contributed by atoms with Crippen molar-refractivity contribution in [1.82, 2.24) is 9.97 Å². The summed E-state index contributed by atoms with van der Waals surface area (Å²) in [7, 11) is 0. The molecule has 304 valence electrons. The van der Waals surface area contributed by atoms with Crippen molar-refractivity contribution >= 4 is 32.7 Å². The van der Waals surface area contributed by atoms with Crippen molar-refractivity contribution < 1.29 is 4.42 Å². The van der Waals surface area contributed by atoms with Crippen LogP contribution in [0.15, 0.2) is 247 Å². The zero-order valence-corrected chi connectivity index (χ0v) is 35.4. The molecule has 0 bridgehead atoms. The topological polar surface area (TPSA) is 38.9 Å². The first-order chi connectivity index (χ1) is 32.2. The number of nitrogens with zero attached hydrogens (tertiary/aromatic N) is 2. The number of rotatable bonds is 8. The van der Waals surface area contributed by atoms with E-state index in [-0.39, 0.29) is 0 Å². The van der Waals surface area contributed by atoms with E-state index in [0.29, 0.717) is 5.82 Å². The first-order valence-corrected chi connectivity index (χ1v) is 22.0. The Morgan fingerprint density at radius 3 is 1.38 bits per heavy atom. The number of hydrogen-bond acceptors (Lipinski definition) is 3. The minimum absolute atomic E-state index is 0.708. The van der Waals surface area contributed by atoms with Gasteiger partial charge < -0.3 is 4.42 Å². The van der Waals surface area contributed by atoms with E-state index in [1.165, 1.54) is 33.0 Å². The first kappa shape index (κ1) is 38.0. The van der Waals surface area contributed by atoms with Crippen molar-refractivity contribution in [3.8, 4) is 89.5 Å². The van der Waals surface area contributed by atoms with E-state index < -0.39 is 0 Å². The molecule has 0 aliphatic heterocycles. The second kappa shape index (κ2) is 16.2. The van der Waals surface area contributed by atoms with Crippen LogP contribution in [0.4, 0.5) is 0 Å². The van der Waals surface area contributed by atoms with Gasteiger partial charge in [-0.1, -0.05) is 206 Å². The number of hydrogen-bond donors (Lipinski definition) is 0. The average molecular weight is 829 g/mol. The maximum atomic E-state index is 6.47.